The monoisotopic (exact) mass is 306 g/mol. The fourth-order valence-corrected chi connectivity index (χ4v) is 2.34. The van der Waals surface area contributed by atoms with Gasteiger partial charge >= 0.3 is 0 Å². The third-order valence-corrected chi connectivity index (χ3v) is 3.27. The van der Waals surface area contributed by atoms with Crippen LogP contribution < -0.4 is 4.74 Å². The second kappa shape index (κ2) is 4.97. The van der Waals surface area contributed by atoms with Crippen molar-refractivity contribution in [1.82, 2.24) is 0 Å². The highest BCUT2D eigenvalue weighted by atomic mass is 79.9. The van der Waals surface area contributed by atoms with E-state index >= 15 is 0 Å². The predicted octanol–water partition coefficient (Wildman–Crippen LogP) is 1.68. The molecule has 4 nitrogen and oxygen atoms in total. The minimum Gasteiger partial charge on any atom is -0.496 e. The number of Topliss-reactive ketones (excluding diaryl/α,β-unsaturated/α-hetero) is 1. The van der Waals surface area contributed by atoms with Crippen molar-refractivity contribution in [3.63, 3.8) is 0 Å². The van der Waals surface area contributed by atoms with Crippen LogP contribution in [0.2, 0.25) is 0 Å². The van der Waals surface area contributed by atoms with Gasteiger partial charge in [0.05, 0.1) is 11.6 Å². The lowest BCUT2D eigenvalue weighted by molar-refractivity contribution is 0.102. The lowest BCUT2D eigenvalue weighted by atomic mass is 10.1. The summed E-state index contributed by atoms with van der Waals surface area (Å²) in [7, 11) is -1.78. The molecule has 16 heavy (non-hydrogen) atoms. The molecule has 0 atom stereocenters. The van der Waals surface area contributed by atoms with Gasteiger partial charge < -0.3 is 4.74 Å². The Morgan fingerprint density at radius 1 is 1.44 bits per heavy atom. The van der Waals surface area contributed by atoms with Gasteiger partial charge in [-0.1, -0.05) is 0 Å². The lowest BCUT2D eigenvalue weighted by Gasteiger charge is -2.05. The van der Waals surface area contributed by atoms with Crippen molar-refractivity contribution < 1.29 is 17.9 Å². The van der Waals surface area contributed by atoms with E-state index in [4.69, 9.17) is 4.74 Å². The van der Waals surface area contributed by atoms with Crippen LogP contribution in [0, 0.1) is 0 Å². The van der Waals surface area contributed by atoms with E-state index in [0.29, 0.717) is 15.8 Å². The van der Waals surface area contributed by atoms with E-state index < -0.39 is 21.4 Å². The summed E-state index contributed by atoms with van der Waals surface area (Å²) < 4.78 is 27.6. The van der Waals surface area contributed by atoms with E-state index in [1.54, 1.807) is 12.1 Å². The van der Waals surface area contributed by atoms with Gasteiger partial charge in [0.25, 0.3) is 0 Å². The molecule has 0 amide bonds. The highest BCUT2D eigenvalue weighted by Gasteiger charge is 2.14. The van der Waals surface area contributed by atoms with Crippen molar-refractivity contribution in [2.75, 3.05) is 19.1 Å². The van der Waals surface area contributed by atoms with Crippen LogP contribution in [0.4, 0.5) is 0 Å². The molecule has 0 aliphatic carbocycles. The molecule has 1 aromatic rings. The first kappa shape index (κ1) is 13.2. The highest BCUT2D eigenvalue weighted by molar-refractivity contribution is 9.10. The van der Waals surface area contributed by atoms with Gasteiger partial charge in [-0.2, -0.15) is 0 Å². The number of methoxy groups -OCH3 is 1. The number of ether oxygens (including phenoxy) is 1. The van der Waals surface area contributed by atoms with E-state index in [1.165, 1.54) is 13.2 Å². The van der Waals surface area contributed by atoms with E-state index in [-0.39, 0.29) is 0 Å². The van der Waals surface area contributed by atoms with Crippen LogP contribution in [0.5, 0.6) is 5.75 Å². The molecule has 0 N–H and O–H groups in total. The first-order valence-corrected chi connectivity index (χ1v) is 7.23. The molecule has 88 valence electrons. The second-order valence-electron chi connectivity index (χ2n) is 3.34. The van der Waals surface area contributed by atoms with Gasteiger partial charge in [-0.15, -0.1) is 0 Å². The zero-order chi connectivity index (χ0) is 12.3. The molecule has 0 saturated carbocycles. The van der Waals surface area contributed by atoms with Crippen molar-refractivity contribution in [2.45, 2.75) is 0 Å². The third-order valence-electron chi connectivity index (χ3n) is 1.87. The Morgan fingerprint density at radius 2 is 2.06 bits per heavy atom. The Balaban J connectivity index is 2.98. The van der Waals surface area contributed by atoms with E-state index in [1.807, 2.05) is 0 Å². The Bertz CT molecular complexity index is 508. The number of carbonyl (C=O) groups excluding carboxylic acids is 1. The number of sulfone groups is 1. The van der Waals surface area contributed by atoms with Gasteiger partial charge in [0.1, 0.15) is 11.5 Å². The van der Waals surface area contributed by atoms with Crippen molar-refractivity contribution in [1.29, 1.82) is 0 Å². The maximum atomic E-state index is 11.6. The molecule has 1 rings (SSSR count). The summed E-state index contributed by atoms with van der Waals surface area (Å²) in [5, 5.41) is 0. The molecule has 0 spiro atoms. The first-order chi connectivity index (χ1) is 7.33. The van der Waals surface area contributed by atoms with Crippen molar-refractivity contribution in [3.05, 3.63) is 28.2 Å². The summed E-state index contributed by atoms with van der Waals surface area (Å²) in [6.45, 7) is 0. The van der Waals surface area contributed by atoms with Gasteiger partial charge in [-0.25, -0.2) is 8.42 Å². The molecular formula is C10H11BrO4S. The van der Waals surface area contributed by atoms with Crippen LogP contribution in [-0.2, 0) is 9.84 Å². The molecule has 0 heterocycles. The molecule has 6 heteroatoms. The van der Waals surface area contributed by atoms with Crippen molar-refractivity contribution >= 4 is 31.6 Å². The Labute approximate surface area is 103 Å². The molecule has 0 saturated heterocycles. The van der Waals surface area contributed by atoms with Crippen LogP contribution in [0.1, 0.15) is 10.4 Å². The molecule has 0 unspecified atom stereocenters. The van der Waals surface area contributed by atoms with Crippen molar-refractivity contribution in [2.24, 2.45) is 0 Å². The summed E-state index contributed by atoms with van der Waals surface area (Å²) in [4.78, 5) is 11.6. The average Bonchev–Trinajstić information content (AvgIpc) is 2.15. The number of hydrogen-bond acceptors (Lipinski definition) is 4. The molecule has 0 bridgehead atoms. The van der Waals surface area contributed by atoms with Gasteiger partial charge in [0, 0.05) is 11.8 Å². The second-order valence-corrected chi connectivity index (χ2v) is 6.34. The number of rotatable bonds is 4. The van der Waals surface area contributed by atoms with E-state index in [9.17, 15) is 13.2 Å². The SMILES string of the molecule is COc1ccc(C(=O)CS(C)(=O)=O)cc1Br. The normalized spacial score (nSPS) is 11.2. The van der Waals surface area contributed by atoms with Crippen LogP contribution in [0.25, 0.3) is 0 Å². The fraction of sp³-hybridized carbons (Fsp3) is 0.300. The summed E-state index contributed by atoms with van der Waals surface area (Å²) in [5.41, 5.74) is 0.345. The quantitative estimate of drug-likeness (QED) is 0.794. The number of ketones is 1. The third kappa shape index (κ3) is 3.61. The van der Waals surface area contributed by atoms with E-state index in [0.717, 1.165) is 6.26 Å². The van der Waals surface area contributed by atoms with Gasteiger partial charge in [-0.05, 0) is 34.1 Å². The predicted molar refractivity (Wildman–Crippen MR) is 64.7 cm³/mol. The summed E-state index contributed by atoms with van der Waals surface area (Å²) in [5.74, 6) is -0.312. The summed E-state index contributed by atoms with van der Waals surface area (Å²) in [6, 6.07) is 4.70. The Kier molecular flexibility index (Phi) is 4.09. The number of carbonyl (C=O) groups is 1. The van der Waals surface area contributed by atoms with Crippen LogP contribution in [-0.4, -0.2) is 33.3 Å². The lowest BCUT2D eigenvalue weighted by Crippen LogP contribution is -2.14. The molecular weight excluding hydrogens is 296 g/mol. The average molecular weight is 307 g/mol. The van der Waals surface area contributed by atoms with Crippen molar-refractivity contribution in [3.8, 4) is 5.75 Å². The molecule has 0 aliphatic heterocycles. The smallest absolute Gasteiger partial charge is 0.177 e. The maximum Gasteiger partial charge on any atom is 0.177 e. The minimum atomic E-state index is -3.30. The Hall–Kier alpha value is -0.880. The van der Waals surface area contributed by atoms with E-state index in [2.05, 4.69) is 15.9 Å². The molecule has 0 fully saturated rings. The van der Waals surface area contributed by atoms with Gasteiger partial charge in [-0.3, -0.25) is 4.79 Å². The van der Waals surface area contributed by atoms with Gasteiger partial charge in [0.15, 0.2) is 15.6 Å². The van der Waals surface area contributed by atoms with Crippen LogP contribution in [0.15, 0.2) is 22.7 Å². The Morgan fingerprint density at radius 3 is 2.50 bits per heavy atom. The fourth-order valence-electron chi connectivity index (χ4n) is 1.16. The van der Waals surface area contributed by atoms with Crippen LogP contribution >= 0.6 is 15.9 Å². The molecule has 1 aromatic carbocycles. The largest absolute Gasteiger partial charge is 0.496 e. The molecule has 0 aliphatic rings. The maximum absolute atomic E-state index is 11.6. The summed E-state index contributed by atoms with van der Waals surface area (Å²) in [6.07, 6.45) is 1.03. The zero-order valence-electron chi connectivity index (χ0n) is 8.86. The molecule has 0 aromatic heterocycles. The number of halogens is 1. The standard InChI is InChI=1S/C10H11BrO4S/c1-15-10-4-3-7(5-8(10)11)9(12)6-16(2,13)14/h3-5H,6H2,1-2H3. The van der Waals surface area contributed by atoms with Crippen LogP contribution in [0.3, 0.4) is 0 Å². The highest BCUT2D eigenvalue weighted by Crippen LogP contribution is 2.25. The van der Waals surface area contributed by atoms with Gasteiger partial charge in [0.2, 0.25) is 0 Å². The number of hydrogen-bond donors (Lipinski definition) is 0. The minimum absolute atomic E-state index is 0.345. The number of benzene rings is 1. The topological polar surface area (TPSA) is 60.4 Å². The summed E-state index contributed by atoms with van der Waals surface area (Å²) >= 11 is 3.23. The molecule has 0 radical (unpaired) electrons. The zero-order valence-corrected chi connectivity index (χ0v) is 11.3. The first-order valence-electron chi connectivity index (χ1n) is 4.38.